The number of nitrogens with one attached hydrogen (secondary N) is 4. The molecule has 1 aliphatic rings. The second-order valence-electron chi connectivity index (χ2n) is 6.54. The Morgan fingerprint density at radius 2 is 2.03 bits per heavy atom. The molecule has 0 radical (unpaired) electrons. The molecule has 154 valence electrons. The summed E-state index contributed by atoms with van der Waals surface area (Å²) in [5.41, 5.74) is -0.772. The van der Waals surface area contributed by atoms with Crippen LogP contribution in [0.3, 0.4) is 0 Å². The summed E-state index contributed by atoms with van der Waals surface area (Å²) in [7, 11) is 0. The van der Waals surface area contributed by atoms with Crippen molar-refractivity contribution in [3.8, 4) is 0 Å². The molecule has 2 aromatic rings. The van der Waals surface area contributed by atoms with Crippen LogP contribution in [0.25, 0.3) is 0 Å². The van der Waals surface area contributed by atoms with E-state index in [4.69, 9.17) is 0 Å². The van der Waals surface area contributed by atoms with Gasteiger partial charge in [-0.15, -0.1) is 11.3 Å². The van der Waals surface area contributed by atoms with E-state index in [-0.39, 0.29) is 34.4 Å². The maximum absolute atomic E-state index is 12.5. The number of aromatic amines is 1. The summed E-state index contributed by atoms with van der Waals surface area (Å²) in [5.74, 6) is -1.04. The van der Waals surface area contributed by atoms with Crippen LogP contribution in [0.5, 0.6) is 0 Å². The monoisotopic (exact) mass is 435 g/mol. The number of hydrogen-bond donors (Lipinski definition) is 4. The highest BCUT2D eigenvalue weighted by Crippen LogP contribution is 2.21. The van der Waals surface area contributed by atoms with Crippen LogP contribution in [-0.4, -0.2) is 39.5 Å². The van der Waals surface area contributed by atoms with Gasteiger partial charge in [0.15, 0.2) is 16.7 Å². The fourth-order valence-corrected chi connectivity index (χ4v) is 4.24. The molecule has 1 aliphatic carbocycles. The lowest BCUT2D eigenvalue weighted by molar-refractivity contribution is -0.119. The van der Waals surface area contributed by atoms with Crippen molar-refractivity contribution in [2.45, 2.75) is 43.8 Å². The van der Waals surface area contributed by atoms with Crippen LogP contribution in [0.1, 0.15) is 42.3 Å². The summed E-state index contributed by atoms with van der Waals surface area (Å²) < 4.78 is 0. The van der Waals surface area contributed by atoms with Crippen molar-refractivity contribution in [3.05, 3.63) is 32.7 Å². The Balaban J connectivity index is 1.72. The van der Waals surface area contributed by atoms with Gasteiger partial charge in [-0.25, -0.2) is 4.98 Å². The Labute approximate surface area is 175 Å². The molecule has 1 saturated carbocycles. The van der Waals surface area contributed by atoms with Crippen LogP contribution in [0.15, 0.2) is 27.5 Å². The molecule has 3 amide bonds. The van der Waals surface area contributed by atoms with E-state index in [0.717, 1.165) is 37.4 Å². The van der Waals surface area contributed by atoms with E-state index in [1.807, 2.05) is 0 Å². The summed E-state index contributed by atoms with van der Waals surface area (Å²) in [6.45, 7) is 1.27. The van der Waals surface area contributed by atoms with Crippen LogP contribution < -0.4 is 21.5 Å². The van der Waals surface area contributed by atoms with Crippen LogP contribution in [0, 0.1) is 0 Å². The summed E-state index contributed by atoms with van der Waals surface area (Å²) in [6, 6.07) is 3.54. The lowest BCUT2D eigenvalue weighted by atomic mass is 10.2. The molecular weight excluding hydrogens is 414 g/mol. The Bertz CT molecular complexity index is 952. The number of hydrogen-bond acceptors (Lipinski definition) is 7. The molecule has 0 bridgehead atoms. The van der Waals surface area contributed by atoms with Crippen LogP contribution >= 0.6 is 23.1 Å². The standard InChI is InChI=1S/C18H21N5O4S2/c1-10(24)19-15-14(21-16(26)12-7-4-8-28-12)17(27)23-18(22-15)29-9-13(25)20-11-5-2-3-6-11/h4,7-8,11H,2-3,5-6,9H2,1H3,(H,20,25)(H,21,26)(H2,19,22,23,24,27). The topological polar surface area (TPSA) is 133 Å². The number of aromatic nitrogens is 2. The van der Waals surface area contributed by atoms with Gasteiger partial charge < -0.3 is 16.0 Å². The van der Waals surface area contributed by atoms with E-state index in [0.29, 0.717) is 4.88 Å². The van der Waals surface area contributed by atoms with Gasteiger partial charge >= 0.3 is 0 Å². The van der Waals surface area contributed by atoms with E-state index < -0.39 is 17.4 Å². The van der Waals surface area contributed by atoms with Crippen LogP contribution in [-0.2, 0) is 9.59 Å². The zero-order chi connectivity index (χ0) is 20.8. The molecule has 29 heavy (non-hydrogen) atoms. The normalized spacial score (nSPS) is 13.8. The van der Waals surface area contributed by atoms with Gasteiger partial charge in [-0.3, -0.25) is 24.2 Å². The number of thioether (sulfide) groups is 1. The number of amides is 3. The number of carbonyl (C=O) groups excluding carboxylic acids is 3. The van der Waals surface area contributed by atoms with Crippen molar-refractivity contribution in [2.75, 3.05) is 16.4 Å². The molecule has 1 fully saturated rings. The highest BCUT2D eigenvalue weighted by atomic mass is 32.2. The van der Waals surface area contributed by atoms with Crippen molar-refractivity contribution >= 4 is 52.3 Å². The van der Waals surface area contributed by atoms with Gasteiger partial charge in [0.05, 0.1) is 10.6 Å². The predicted molar refractivity (Wildman–Crippen MR) is 113 cm³/mol. The number of anilines is 2. The van der Waals surface area contributed by atoms with Crippen molar-refractivity contribution in [2.24, 2.45) is 0 Å². The summed E-state index contributed by atoms with van der Waals surface area (Å²) in [5, 5.41) is 9.82. The first-order valence-electron chi connectivity index (χ1n) is 9.11. The quantitative estimate of drug-likeness (QED) is 0.389. The zero-order valence-electron chi connectivity index (χ0n) is 15.7. The molecule has 0 aliphatic heterocycles. The van der Waals surface area contributed by atoms with E-state index in [1.165, 1.54) is 18.3 Å². The number of H-pyrrole nitrogens is 1. The fourth-order valence-electron chi connectivity index (χ4n) is 2.95. The first-order valence-corrected chi connectivity index (χ1v) is 11.0. The SMILES string of the molecule is CC(=O)Nc1nc(SCC(=O)NC2CCCC2)[nH]c(=O)c1NC(=O)c1cccs1. The Morgan fingerprint density at radius 1 is 1.28 bits per heavy atom. The molecule has 0 atom stereocenters. The predicted octanol–water partition coefficient (Wildman–Crippen LogP) is 2.19. The second kappa shape index (κ2) is 9.70. The molecule has 0 saturated heterocycles. The third kappa shape index (κ3) is 5.91. The lowest BCUT2D eigenvalue weighted by Gasteiger charge is -2.12. The van der Waals surface area contributed by atoms with Gasteiger partial charge in [0.2, 0.25) is 11.8 Å². The van der Waals surface area contributed by atoms with E-state index in [2.05, 4.69) is 25.9 Å². The first-order chi connectivity index (χ1) is 13.9. The van der Waals surface area contributed by atoms with Crippen molar-refractivity contribution in [1.29, 1.82) is 0 Å². The van der Waals surface area contributed by atoms with Crippen LogP contribution in [0.2, 0.25) is 0 Å². The maximum atomic E-state index is 12.5. The third-order valence-electron chi connectivity index (χ3n) is 4.24. The minimum absolute atomic E-state index is 0.0649. The molecule has 9 nitrogen and oxygen atoms in total. The maximum Gasteiger partial charge on any atom is 0.277 e. The van der Waals surface area contributed by atoms with Gasteiger partial charge in [-0.05, 0) is 24.3 Å². The number of thiophene rings is 1. The van der Waals surface area contributed by atoms with Crippen LogP contribution in [0.4, 0.5) is 11.5 Å². The Hall–Kier alpha value is -2.66. The van der Waals surface area contributed by atoms with Crippen molar-refractivity contribution in [1.82, 2.24) is 15.3 Å². The third-order valence-corrected chi connectivity index (χ3v) is 5.98. The van der Waals surface area contributed by atoms with E-state index >= 15 is 0 Å². The molecule has 4 N–H and O–H groups in total. The molecule has 0 unspecified atom stereocenters. The van der Waals surface area contributed by atoms with Gasteiger partial charge in [-0.2, -0.15) is 0 Å². The summed E-state index contributed by atoms with van der Waals surface area (Å²) in [6.07, 6.45) is 4.20. The van der Waals surface area contributed by atoms with Gasteiger partial charge in [-0.1, -0.05) is 30.7 Å². The molecule has 2 aromatic heterocycles. The average molecular weight is 436 g/mol. The second-order valence-corrected chi connectivity index (χ2v) is 8.46. The smallest absolute Gasteiger partial charge is 0.277 e. The molecule has 0 aromatic carbocycles. The molecular formula is C18H21N5O4S2. The van der Waals surface area contributed by atoms with E-state index in [9.17, 15) is 19.2 Å². The van der Waals surface area contributed by atoms with E-state index in [1.54, 1.807) is 17.5 Å². The summed E-state index contributed by atoms with van der Waals surface area (Å²) >= 11 is 2.27. The minimum Gasteiger partial charge on any atom is -0.353 e. The van der Waals surface area contributed by atoms with Crippen molar-refractivity contribution in [3.63, 3.8) is 0 Å². The minimum atomic E-state index is -0.618. The Kier molecular flexibility index (Phi) is 7.04. The summed E-state index contributed by atoms with van der Waals surface area (Å²) in [4.78, 5) is 55.5. The molecule has 0 spiro atoms. The molecule has 2 heterocycles. The number of rotatable bonds is 7. The zero-order valence-corrected chi connectivity index (χ0v) is 17.4. The number of nitrogens with zero attached hydrogens (tertiary/aromatic N) is 1. The molecule has 3 rings (SSSR count). The van der Waals surface area contributed by atoms with Gasteiger partial charge in [0.1, 0.15) is 0 Å². The highest BCUT2D eigenvalue weighted by molar-refractivity contribution is 7.99. The van der Waals surface area contributed by atoms with Gasteiger partial charge in [0.25, 0.3) is 11.5 Å². The lowest BCUT2D eigenvalue weighted by Crippen LogP contribution is -2.34. The Morgan fingerprint density at radius 3 is 2.69 bits per heavy atom. The largest absolute Gasteiger partial charge is 0.353 e. The average Bonchev–Trinajstić information content (AvgIpc) is 3.36. The van der Waals surface area contributed by atoms with Gasteiger partial charge in [0, 0.05) is 13.0 Å². The fraction of sp³-hybridized carbons (Fsp3) is 0.389. The number of carbonyl (C=O) groups is 3. The first kappa shape index (κ1) is 21.1. The van der Waals surface area contributed by atoms with Crippen molar-refractivity contribution < 1.29 is 14.4 Å². The highest BCUT2D eigenvalue weighted by Gasteiger charge is 2.19. The molecule has 11 heteroatoms.